The first-order chi connectivity index (χ1) is 10.0. The molecule has 0 bridgehead atoms. The number of amides is 1. The van der Waals surface area contributed by atoms with Gasteiger partial charge >= 0.3 is 0 Å². The number of carbonyl (C=O) groups excluding carboxylic acids is 1. The summed E-state index contributed by atoms with van der Waals surface area (Å²) in [5, 5.41) is 0. The van der Waals surface area contributed by atoms with Crippen molar-refractivity contribution >= 4 is 23.1 Å². The molecule has 0 atom stereocenters. The van der Waals surface area contributed by atoms with Crippen LogP contribution < -0.4 is 15.2 Å². The van der Waals surface area contributed by atoms with Crippen LogP contribution in [0.25, 0.3) is 0 Å². The summed E-state index contributed by atoms with van der Waals surface area (Å²) >= 11 is 4.87. The van der Waals surface area contributed by atoms with Crippen LogP contribution in [-0.4, -0.2) is 42.1 Å². The highest BCUT2D eigenvalue weighted by Gasteiger charge is 2.17. The Balaban J connectivity index is 3.03. The molecule has 0 heterocycles. The maximum absolute atomic E-state index is 12.5. The van der Waals surface area contributed by atoms with Gasteiger partial charge in [-0.1, -0.05) is 12.2 Å². The van der Waals surface area contributed by atoms with Gasteiger partial charge in [0.2, 0.25) is 0 Å². The van der Waals surface area contributed by atoms with Gasteiger partial charge < -0.3 is 20.1 Å². The van der Waals surface area contributed by atoms with Gasteiger partial charge in [-0.2, -0.15) is 0 Å². The van der Waals surface area contributed by atoms with E-state index in [9.17, 15) is 4.79 Å². The van der Waals surface area contributed by atoms with Crippen LogP contribution in [0.3, 0.4) is 0 Å². The number of hydrogen-bond acceptors (Lipinski definition) is 4. The van der Waals surface area contributed by atoms with Gasteiger partial charge in [-0.3, -0.25) is 4.79 Å². The number of benzene rings is 1. The second kappa shape index (κ2) is 8.46. The van der Waals surface area contributed by atoms with Crippen molar-refractivity contribution in [3.63, 3.8) is 0 Å². The summed E-state index contributed by atoms with van der Waals surface area (Å²) in [7, 11) is 0. The minimum Gasteiger partial charge on any atom is -0.490 e. The number of hydrogen-bond donors (Lipinski definition) is 1. The summed E-state index contributed by atoms with van der Waals surface area (Å²) in [5.74, 6) is 1.07. The first-order valence-corrected chi connectivity index (χ1v) is 7.41. The van der Waals surface area contributed by atoms with Crippen molar-refractivity contribution in [1.29, 1.82) is 0 Å². The first kappa shape index (κ1) is 17.2. The van der Waals surface area contributed by atoms with Crippen LogP contribution in [-0.2, 0) is 0 Å². The normalized spacial score (nSPS) is 10.0. The van der Waals surface area contributed by atoms with Crippen molar-refractivity contribution in [2.24, 2.45) is 5.73 Å². The summed E-state index contributed by atoms with van der Waals surface area (Å²) in [5.41, 5.74) is 6.05. The molecule has 0 radical (unpaired) electrons. The average molecular weight is 310 g/mol. The Bertz CT molecular complexity index is 506. The van der Waals surface area contributed by atoms with E-state index in [0.29, 0.717) is 41.8 Å². The molecule has 1 amide bonds. The lowest BCUT2D eigenvalue weighted by atomic mass is 10.1. The summed E-state index contributed by atoms with van der Waals surface area (Å²) in [6, 6.07) is 5.16. The molecule has 0 aliphatic carbocycles. The highest BCUT2D eigenvalue weighted by atomic mass is 32.1. The zero-order chi connectivity index (χ0) is 15.8. The third kappa shape index (κ3) is 4.90. The smallest absolute Gasteiger partial charge is 0.254 e. The van der Waals surface area contributed by atoms with Crippen LogP contribution in [0.1, 0.15) is 31.1 Å². The van der Waals surface area contributed by atoms with E-state index < -0.39 is 0 Å². The van der Waals surface area contributed by atoms with E-state index in [1.807, 2.05) is 20.8 Å². The molecule has 0 aliphatic rings. The molecule has 1 rings (SSSR count). The van der Waals surface area contributed by atoms with Crippen LogP contribution >= 0.6 is 12.2 Å². The number of carbonyl (C=O) groups is 1. The Kier molecular flexibility index (Phi) is 6.94. The predicted octanol–water partition coefficient (Wildman–Crippen LogP) is 2.23. The van der Waals surface area contributed by atoms with Crippen molar-refractivity contribution in [2.75, 3.05) is 26.3 Å². The van der Waals surface area contributed by atoms with Gasteiger partial charge in [-0.15, -0.1) is 0 Å². The van der Waals surface area contributed by atoms with E-state index in [2.05, 4.69) is 0 Å². The van der Waals surface area contributed by atoms with Gasteiger partial charge in [0.25, 0.3) is 5.91 Å². The fraction of sp³-hybridized carbons (Fsp3) is 0.467. The number of thiocarbonyl (C=S) groups is 1. The molecule has 116 valence electrons. The SMILES string of the molecule is CCOc1ccc(C(=O)N(CC)CC(N)=S)cc1OCC. The minimum absolute atomic E-state index is 0.130. The third-order valence-corrected chi connectivity index (χ3v) is 2.94. The van der Waals surface area contributed by atoms with Crippen LogP contribution in [0.2, 0.25) is 0 Å². The van der Waals surface area contributed by atoms with Gasteiger partial charge in [-0.05, 0) is 39.0 Å². The lowest BCUT2D eigenvalue weighted by Gasteiger charge is -2.21. The molecule has 1 aromatic carbocycles. The molecule has 6 heteroatoms. The Hall–Kier alpha value is -1.82. The average Bonchev–Trinajstić information content (AvgIpc) is 2.46. The van der Waals surface area contributed by atoms with E-state index in [1.54, 1.807) is 23.1 Å². The highest BCUT2D eigenvalue weighted by molar-refractivity contribution is 7.80. The van der Waals surface area contributed by atoms with Crippen LogP contribution in [0.15, 0.2) is 18.2 Å². The monoisotopic (exact) mass is 310 g/mol. The molecule has 0 aromatic heterocycles. The maximum atomic E-state index is 12.5. The number of ether oxygens (including phenoxy) is 2. The molecule has 0 saturated heterocycles. The Labute approximate surface area is 131 Å². The largest absolute Gasteiger partial charge is 0.490 e. The third-order valence-electron chi connectivity index (χ3n) is 2.81. The standard InChI is InChI=1S/C15H22N2O3S/c1-4-17(10-14(16)21)15(18)11-7-8-12(19-5-2)13(9-11)20-6-3/h7-9H,4-6,10H2,1-3H3,(H2,16,21). The Morgan fingerprint density at radius 2 is 1.81 bits per heavy atom. The predicted molar refractivity (Wildman–Crippen MR) is 87.1 cm³/mol. The zero-order valence-corrected chi connectivity index (χ0v) is 13.5. The van der Waals surface area contributed by atoms with Gasteiger partial charge in [0.1, 0.15) is 0 Å². The molecule has 0 unspecified atom stereocenters. The fourth-order valence-electron chi connectivity index (χ4n) is 1.88. The minimum atomic E-state index is -0.130. The van der Waals surface area contributed by atoms with Crippen molar-refractivity contribution in [2.45, 2.75) is 20.8 Å². The number of nitrogens with zero attached hydrogens (tertiary/aromatic N) is 1. The lowest BCUT2D eigenvalue weighted by Crippen LogP contribution is -2.37. The molecule has 1 aromatic rings. The van der Waals surface area contributed by atoms with Crippen molar-refractivity contribution in [1.82, 2.24) is 4.90 Å². The van der Waals surface area contributed by atoms with Gasteiger partial charge in [0.15, 0.2) is 11.5 Å². The number of nitrogens with two attached hydrogens (primary N) is 1. The Morgan fingerprint density at radius 3 is 2.33 bits per heavy atom. The maximum Gasteiger partial charge on any atom is 0.254 e. The highest BCUT2D eigenvalue weighted by Crippen LogP contribution is 2.29. The second-order valence-electron chi connectivity index (χ2n) is 4.31. The second-order valence-corrected chi connectivity index (χ2v) is 4.84. The Morgan fingerprint density at radius 1 is 1.19 bits per heavy atom. The molecule has 0 fully saturated rings. The van der Waals surface area contributed by atoms with Crippen molar-refractivity contribution < 1.29 is 14.3 Å². The zero-order valence-electron chi connectivity index (χ0n) is 12.7. The summed E-state index contributed by atoms with van der Waals surface area (Å²) in [6.45, 7) is 7.51. The molecule has 21 heavy (non-hydrogen) atoms. The van der Waals surface area contributed by atoms with Crippen molar-refractivity contribution in [3.8, 4) is 11.5 Å². The molecule has 2 N–H and O–H groups in total. The summed E-state index contributed by atoms with van der Waals surface area (Å²) in [6.07, 6.45) is 0. The van der Waals surface area contributed by atoms with E-state index in [0.717, 1.165) is 0 Å². The van der Waals surface area contributed by atoms with Crippen LogP contribution in [0.5, 0.6) is 11.5 Å². The lowest BCUT2D eigenvalue weighted by molar-refractivity contribution is 0.0787. The molecule has 0 aliphatic heterocycles. The van der Waals surface area contributed by atoms with Crippen LogP contribution in [0, 0.1) is 0 Å². The van der Waals surface area contributed by atoms with E-state index in [1.165, 1.54) is 0 Å². The van der Waals surface area contributed by atoms with E-state index >= 15 is 0 Å². The molecular weight excluding hydrogens is 288 g/mol. The summed E-state index contributed by atoms with van der Waals surface area (Å²) in [4.78, 5) is 14.3. The molecule has 0 spiro atoms. The van der Waals surface area contributed by atoms with E-state index in [4.69, 9.17) is 27.4 Å². The number of likely N-dealkylation sites (N-methyl/N-ethyl adjacent to an activating group) is 1. The first-order valence-electron chi connectivity index (χ1n) is 7.00. The molecule has 5 nitrogen and oxygen atoms in total. The van der Waals surface area contributed by atoms with Crippen molar-refractivity contribution in [3.05, 3.63) is 23.8 Å². The quantitative estimate of drug-likeness (QED) is 0.746. The molecular formula is C15H22N2O3S. The van der Waals surface area contributed by atoms with Gasteiger partial charge in [-0.25, -0.2) is 0 Å². The van der Waals surface area contributed by atoms with Gasteiger partial charge in [0.05, 0.1) is 24.7 Å². The number of rotatable bonds is 8. The molecule has 0 saturated carbocycles. The van der Waals surface area contributed by atoms with E-state index in [-0.39, 0.29) is 12.5 Å². The van der Waals surface area contributed by atoms with Gasteiger partial charge in [0, 0.05) is 12.1 Å². The topological polar surface area (TPSA) is 64.8 Å². The van der Waals surface area contributed by atoms with Crippen LogP contribution in [0.4, 0.5) is 0 Å². The fourth-order valence-corrected chi connectivity index (χ4v) is 2.04. The summed E-state index contributed by atoms with van der Waals surface area (Å²) < 4.78 is 11.0.